The Hall–Kier alpha value is -0.380. The van der Waals surface area contributed by atoms with Gasteiger partial charge in [-0.25, -0.2) is 0 Å². The Bertz CT molecular complexity index is 15.8. The average Bonchev–Trinajstić information content (AvgIpc) is 2.01. The highest BCUT2D eigenvalue weighted by atomic mass is 16.2. The van der Waals surface area contributed by atoms with E-state index in [1.165, 1.54) is 6.08 Å². The van der Waals surface area contributed by atoms with Crippen LogP contribution in [-0.2, 0) is 0 Å². The molecule has 0 bridgehead atoms. The zero-order valence-corrected chi connectivity index (χ0v) is 6.33. The topological polar surface area (TPSA) is 60.7 Å². The van der Waals surface area contributed by atoms with E-state index in [-0.39, 0.29) is 0 Å². The lowest BCUT2D eigenvalue weighted by Crippen LogP contribution is -1.25. The number of hydrogen-bond acceptors (Lipinski definition) is 3. The minimum absolute atomic E-state index is 1.00. The van der Waals surface area contributed by atoms with Crippen LogP contribution in [0.3, 0.4) is 0 Å². The summed E-state index contributed by atoms with van der Waals surface area (Å²) in [5.74, 6) is 0. The van der Waals surface area contributed by atoms with E-state index in [0.29, 0.717) is 0 Å². The molecular weight excluding hydrogens is 120 g/mol. The average molecular weight is 137 g/mol. The Morgan fingerprint density at radius 1 is 0.889 bits per heavy atom. The van der Waals surface area contributed by atoms with Crippen molar-refractivity contribution in [2.24, 2.45) is 0 Å². The van der Waals surface area contributed by atoms with Crippen LogP contribution in [-0.4, -0.2) is 36.6 Å². The van der Waals surface area contributed by atoms with Crippen LogP contribution in [0.5, 0.6) is 0 Å². The van der Waals surface area contributed by atoms with E-state index in [1.807, 2.05) is 0 Å². The molecule has 0 aliphatic rings. The second kappa shape index (κ2) is 869. The molecule has 1 radical (unpaired) electrons. The molecule has 0 saturated carbocycles. The van der Waals surface area contributed by atoms with E-state index < -0.39 is 0 Å². The van der Waals surface area contributed by atoms with Gasteiger partial charge in [-0.3, -0.25) is 0 Å². The van der Waals surface area contributed by atoms with Gasteiger partial charge in [-0.1, -0.05) is 6.08 Å². The van der Waals surface area contributed by atoms with Crippen molar-refractivity contribution in [3.8, 4) is 0 Å². The molecule has 3 N–H and O–H groups in total. The fourth-order valence-corrected chi connectivity index (χ4v) is 0. The summed E-state index contributed by atoms with van der Waals surface area (Å²) < 4.78 is 0. The fourth-order valence-electron chi connectivity index (χ4n) is 0. The molecule has 0 aromatic heterocycles. The first kappa shape index (κ1) is 23.4. The second-order valence-corrected chi connectivity index (χ2v) is 0.289. The van der Waals surface area contributed by atoms with Crippen molar-refractivity contribution in [3.63, 3.8) is 0 Å². The van der Waals surface area contributed by atoms with Gasteiger partial charge in [0, 0.05) is 21.3 Å². The molecule has 0 amide bonds. The summed E-state index contributed by atoms with van der Waals surface area (Å²) in [6, 6.07) is 0. The third kappa shape index (κ3) is 1670. The predicted molar refractivity (Wildman–Crippen MR) is 40.0 cm³/mol. The molecule has 3 heteroatoms. The monoisotopic (exact) mass is 137 g/mol. The van der Waals surface area contributed by atoms with Crippen LogP contribution in [0, 0.1) is 6.92 Å². The number of aliphatic hydroxyl groups excluding tert-OH is 3. The summed E-state index contributed by atoms with van der Waals surface area (Å²) in [4.78, 5) is 0. The second-order valence-electron chi connectivity index (χ2n) is 0.289. The largest absolute Gasteiger partial charge is 0.400 e. The Balaban J connectivity index is -0.0000000190. The van der Waals surface area contributed by atoms with E-state index in [4.69, 9.17) is 15.3 Å². The fraction of sp³-hybridized carbons (Fsp3) is 0.500. The first-order valence-corrected chi connectivity index (χ1v) is 2.16. The lowest BCUT2D eigenvalue weighted by Gasteiger charge is -1.30. The Morgan fingerprint density at radius 3 is 0.889 bits per heavy atom. The summed E-state index contributed by atoms with van der Waals surface area (Å²) in [5.41, 5.74) is 0. The third-order valence-electron chi connectivity index (χ3n) is 0. The molecule has 0 atom stereocenters. The first-order valence-electron chi connectivity index (χ1n) is 2.16. The highest BCUT2D eigenvalue weighted by Gasteiger charge is 1.15. The molecule has 9 heavy (non-hydrogen) atoms. The lowest BCUT2D eigenvalue weighted by molar-refractivity contribution is 0.399. The minimum atomic E-state index is 1.00. The summed E-state index contributed by atoms with van der Waals surface area (Å²) in [7, 11) is 3.00. The molecule has 0 fully saturated rings. The van der Waals surface area contributed by atoms with Crippen molar-refractivity contribution in [2.45, 2.75) is 0 Å². The molecule has 59 valence electrons. The molecule has 0 unspecified atom stereocenters. The summed E-state index contributed by atoms with van der Waals surface area (Å²) in [5, 5.41) is 21.0. The third-order valence-corrected chi connectivity index (χ3v) is 0. The Labute approximate surface area is 57.3 Å². The molecule has 3 nitrogen and oxygen atoms in total. The van der Waals surface area contributed by atoms with Gasteiger partial charge in [-0.2, -0.15) is 0 Å². The number of rotatable bonds is 0. The van der Waals surface area contributed by atoms with Gasteiger partial charge in [-0.15, -0.1) is 6.58 Å². The van der Waals surface area contributed by atoms with Crippen molar-refractivity contribution < 1.29 is 15.3 Å². The normalized spacial score (nSPS) is 3.44. The van der Waals surface area contributed by atoms with Crippen LogP contribution < -0.4 is 0 Å². The van der Waals surface area contributed by atoms with E-state index in [1.54, 1.807) is 0 Å². The number of aliphatic hydroxyl groups is 3. The zero-order valence-electron chi connectivity index (χ0n) is 6.33. The van der Waals surface area contributed by atoms with Gasteiger partial charge >= 0.3 is 0 Å². The van der Waals surface area contributed by atoms with Gasteiger partial charge in [0.2, 0.25) is 0 Å². The maximum Gasteiger partial charge on any atom is 0.0319 e. The van der Waals surface area contributed by atoms with Crippen LogP contribution in [0.2, 0.25) is 0 Å². The van der Waals surface area contributed by atoms with Crippen LogP contribution in [0.4, 0.5) is 0 Å². The smallest absolute Gasteiger partial charge is 0.0319 e. The summed E-state index contributed by atoms with van der Waals surface area (Å²) in [6.45, 7) is 6.50. The van der Waals surface area contributed by atoms with E-state index in [0.717, 1.165) is 21.3 Å². The van der Waals surface area contributed by atoms with E-state index >= 15 is 0 Å². The van der Waals surface area contributed by atoms with Crippen molar-refractivity contribution in [1.29, 1.82) is 0 Å². The van der Waals surface area contributed by atoms with Crippen molar-refractivity contribution >= 4 is 0 Å². The standard InChI is InChI=1S/C3H5.3CH4O/c1-3-2;3*1-2/h3H,1-2H2;3*2H,1H3. The zero-order chi connectivity index (χ0) is 8.71. The highest BCUT2D eigenvalue weighted by Crippen LogP contribution is 1.36. The summed E-state index contributed by atoms with van der Waals surface area (Å²) >= 11 is 0. The lowest BCUT2D eigenvalue weighted by atomic mass is 10.8. The van der Waals surface area contributed by atoms with Gasteiger partial charge in [0.15, 0.2) is 0 Å². The molecule has 0 spiro atoms. The van der Waals surface area contributed by atoms with Gasteiger partial charge in [-0.05, 0) is 6.92 Å². The SMILES string of the molecule is CO.CO.CO.[CH2]C=C. The van der Waals surface area contributed by atoms with E-state index in [2.05, 4.69) is 13.5 Å². The first-order chi connectivity index (χ1) is 4.41. The molecule has 0 aromatic carbocycles. The van der Waals surface area contributed by atoms with Crippen molar-refractivity contribution in [3.05, 3.63) is 19.6 Å². The van der Waals surface area contributed by atoms with Gasteiger partial charge in [0.05, 0.1) is 0 Å². The van der Waals surface area contributed by atoms with Gasteiger partial charge in [0.1, 0.15) is 0 Å². The van der Waals surface area contributed by atoms with Crippen molar-refractivity contribution in [2.75, 3.05) is 21.3 Å². The molecular formula is C6H17O3. The van der Waals surface area contributed by atoms with E-state index in [9.17, 15) is 0 Å². The molecule has 0 rings (SSSR count). The van der Waals surface area contributed by atoms with Crippen LogP contribution in [0.1, 0.15) is 0 Å². The molecule has 0 aromatic rings. The summed E-state index contributed by atoms with van der Waals surface area (Å²) in [6.07, 6.45) is 1.50. The Kier molecular flexibility index (Phi) is 2260. The van der Waals surface area contributed by atoms with Crippen LogP contribution >= 0.6 is 0 Å². The maximum absolute atomic E-state index is 7.00. The molecule has 0 heterocycles. The maximum atomic E-state index is 7.00. The Morgan fingerprint density at radius 2 is 0.889 bits per heavy atom. The quantitative estimate of drug-likeness (QED) is 0.434. The number of hydrogen-bond donors (Lipinski definition) is 3. The van der Waals surface area contributed by atoms with Crippen LogP contribution in [0.15, 0.2) is 12.7 Å². The minimum Gasteiger partial charge on any atom is -0.400 e. The van der Waals surface area contributed by atoms with Gasteiger partial charge in [0.25, 0.3) is 0 Å². The molecule has 0 saturated heterocycles. The number of allylic oxidation sites excluding steroid dienone is 1. The van der Waals surface area contributed by atoms with Gasteiger partial charge < -0.3 is 15.3 Å². The predicted octanol–water partition coefficient (Wildman–Crippen LogP) is -0.168. The highest BCUT2D eigenvalue weighted by molar-refractivity contribution is 4.66. The van der Waals surface area contributed by atoms with Crippen LogP contribution in [0.25, 0.3) is 0 Å². The molecule has 0 aliphatic heterocycles. The molecule has 0 aliphatic carbocycles. The van der Waals surface area contributed by atoms with Crippen molar-refractivity contribution in [1.82, 2.24) is 0 Å².